The second-order valence-electron chi connectivity index (χ2n) is 5.18. The normalized spacial score (nSPS) is 16.7. The Hall–Kier alpha value is -1.89. The number of ether oxygens (including phenoxy) is 1. The summed E-state index contributed by atoms with van der Waals surface area (Å²) in [6.45, 7) is 5.73. The summed E-state index contributed by atoms with van der Waals surface area (Å²) < 4.78 is 9.96. The third-order valence-corrected chi connectivity index (χ3v) is 3.47. The Morgan fingerprint density at radius 2 is 2.19 bits per heavy atom. The molecule has 1 amide bonds. The van der Waals surface area contributed by atoms with Gasteiger partial charge in [-0.05, 0) is 39.8 Å². The van der Waals surface area contributed by atoms with Crippen molar-refractivity contribution in [2.45, 2.75) is 26.7 Å². The number of hydrogen-bond donors (Lipinski definition) is 1. The van der Waals surface area contributed by atoms with Crippen LogP contribution in [0.2, 0.25) is 0 Å². The number of rotatable bonds is 5. The molecule has 21 heavy (non-hydrogen) atoms. The van der Waals surface area contributed by atoms with E-state index in [0.717, 1.165) is 18.5 Å². The molecule has 1 aromatic rings. The second kappa shape index (κ2) is 7.21. The van der Waals surface area contributed by atoms with Crippen LogP contribution in [0.1, 0.15) is 25.5 Å². The Labute approximate surface area is 123 Å². The van der Waals surface area contributed by atoms with E-state index in [-0.39, 0.29) is 24.3 Å². The van der Waals surface area contributed by atoms with E-state index >= 15 is 0 Å². The summed E-state index contributed by atoms with van der Waals surface area (Å²) in [5, 5.41) is 6.37. The van der Waals surface area contributed by atoms with Crippen molar-refractivity contribution in [3.8, 4) is 0 Å². The Morgan fingerprint density at radius 3 is 2.76 bits per heavy atom. The van der Waals surface area contributed by atoms with Gasteiger partial charge in [-0.1, -0.05) is 5.16 Å². The first-order valence-electron chi connectivity index (χ1n) is 7.20. The number of carbonyl (C=O) groups is 2. The Balaban J connectivity index is 1.73. The highest BCUT2D eigenvalue weighted by atomic mass is 16.5. The third-order valence-electron chi connectivity index (χ3n) is 3.47. The summed E-state index contributed by atoms with van der Waals surface area (Å²) in [4.78, 5) is 25.5. The molecule has 0 spiro atoms. The maximum atomic E-state index is 11.9. The summed E-state index contributed by atoms with van der Waals surface area (Å²) in [7, 11) is 0. The van der Waals surface area contributed by atoms with E-state index in [1.807, 2.05) is 11.8 Å². The number of amides is 1. The molecule has 1 aromatic heterocycles. The average Bonchev–Trinajstić information content (AvgIpc) is 2.85. The molecule has 2 heterocycles. The van der Waals surface area contributed by atoms with Crippen molar-refractivity contribution < 1.29 is 18.8 Å². The summed E-state index contributed by atoms with van der Waals surface area (Å²) in [5.74, 6) is 0.0552. The molecule has 0 bridgehead atoms. The molecular formula is C14H21N3O4. The second-order valence-corrected chi connectivity index (χ2v) is 5.18. The van der Waals surface area contributed by atoms with Crippen molar-refractivity contribution in [1.82, 2.24) is 10.1 Å². The molecule has 0 aromatic carbocycles. The maximum absolute atomic E-state index is 11.9. The first kappa shape index (κ1) is 15.5. The van der Waals surface area contributed by atoms with Crippen LogP contribution in [-0.4, -0.2) is 48.2 Å². The molecule has 116 valence electrons. The molecule has 1 N–H and O–H groups in total. The molecule has 1 aliphatic heterocycles. The minimum Gasteiger partial charge on any atom is -0.466 e. The highest BCUT2D eigenvalue weighted by Gasteiger charge is 2.26. The monoisotopic (exact) mass is 295 g/mol. The van der Waals surface area contributed by atoms with E-state index in [9.17, 15) is 9.59 Å². The van der Waals surface area contributed by atoms with Crippen molar-refractivity contribution in [3.63, 3.8) is 0 Å². The van der Waals surface area contributed by atoms with Gasteiger partial charge in [0.15, 0.2) is 0 Å². The van der Waals surface area contributed by atoms with Gasteiger partial charge in [-0.25, -0.2) is 0 Å². The lowest BCUT2D eigenvalue weighted by atomic mass is 9.97. The number of likely N-dealkylation sites (tertiary alicyclic amines) is 1. The zero-order valence-electron chi connectivity index (χ0n) is 12.4. The standard InChI is InChI=1S/C14H21N3O4/c1-3-20-14(19)11-4-6-17(7-5-11)9-12(18)15-13-8-10(2)16-21-13/h8,11H,3-7,9H2,1-2H3,(H,15,18). The molecule has 2 rings (SSSR count). The van der Waals surface area contributed by atoms with E-state index in [2.05, 4.69) is 10.5 Å². The van der Waals surface area contributed by atoms with Crippen LogP contribution in [0.5, 0.6) is 0 Å². The number of nitrogens with one attached hydrogen (secondary N) is 1. The number of hydrogen-bond acceptors (Lipinski definition) is 6. The topological polar surface area (TPSA) is 84.7 Å². The highest BCUT2D eigenvalue weighted by molar-refractivity contribution is 5.91. The molecular weight excluding hydrogens is 274 g/mol. The lowest BCUT2D eigenvalue weighted by Gasteiger charge is -2.30. The molecule has 0 radical (unpaired) electrons. The Morgan fingerprint density at radius 1 is 1.48 bits per heavy atom. The molecule has 1 saturated heterocycles. The van der Waals surface area contributed by atoms with Gasteiger partial charge in [0.05, 0.1) is 24.8 Å². The van der Waals surface area contributed by atoms with Gasteiger partial charge in [-0.15, -0.1) is 0 Å². The van der Waals surface area contributed by atoms with Gasteiger partial charge in [-0.3, -0.25) is 19.8 Å². The Kier molecular flexibility index (Phi) is 5.32. The first-order valence-corrected chi connectivity index (χ1v) is 7.20. The van der Waals surface area contributed by atoms with E-state index in [0.29, 0.717) is 25.6 Å². The van der Waals surface area contributed by atoms with Gasteiger partial charge < -0.3 is 9.26 Å². The minimum atomic E-state index is -0.138. The van der Waals surface area contributed by atoms with E-state index in [4.69, 9.17) is 9.26 Å². The fourth-order valence-corrected chi connectivity index (χ4v) is 2.39. The van der Waals surface area contributed by atoms with Crippen molar-refractivity contribution in [2.24, 2.45) is 5.92 Å². The van der Waals surface area contributed by atoms with Gasteiger partial charge in [0, 0.05) is 6.07 Å². The fourth-order valence-electron chi connectivity index (χ4n) is 2.39. The minimum absolute atomic E-state index is 0.0406. The highest BCUT2D eigenvalue weighted by Crippen LogP contribution is 2.18. The molecule has 0 atom stereocenters. The van der Waals surface area contributed by atoms with Gasteiger partial charge in [0.25, 0.3) is 0 Å². The molecule has 0 unspecified atom stereocenters. The predicted octanol–water partition coefficient (Wildman–Crippen LogP) is 1.20. The summed E-state index contributed by atoms with van der Waals surface area (Å²) in [6, 6.07) is 1.67. The predicted molar refractivity (Wildman–Crippen MR) is 75.7 cm³/mol. The molecule has 7 nitrogen and oxygen atoms in total. The van der Waals surface area contributed by atoms with E-state index < -0.39 is 0 Å². The molecule has 1 fully saturated rings. The van der Waals surface area contributed by atoms with Crippen LogP contribution in [0.25, 0.3) is 0 Å². The molecule has 7 heteroatoms. The lowest BCUT2D eigenvalue weighted by Crippen LogP contribution is -2.41. The van der Waals surface area contributed by atoms with E-state index in [1.165, 1.54) is 0 Å². The Bertz CT molecular complexity index is 492. The van der Waals surface area contributed by atoms with Gasteiger partial charge >= 0.3 is 5.97 Å². The number of anilines is 1. The van der Waals surface area contributed by atoms with Gasteiger partial charge in [-0.2, -0.15) is 0 Å². The molecule has 1 aliphatic rings. The van der Waals surface area contributed by atoms with E-state index in [1.54, 1.807) is 13.0 Å². The van der Waals surface area contributed by atoms with Crippen molar-refractivity contribution >= 4 is 17.8 Å². The van der Waals surface area contributed by atoms with Crippen LogP contribution >= 0.6 is 0 Å². The number of esters is 1. The number of aryl methyl sites for hydroxylation is 1. The quantitative estimate of drug-likeness (QED) is 0.822. The number of aromatic nitrogens is 1. The van der Waals surface area contributed by atoms with Crippen molar-refractivity contribution in [2.75, 3.05) is 31.6 Å². The largest absolute Gasteiger partial charge is 0.466 e. The van der Waals surface area contributed by atoms with Crippen LogP contribution in [0.4, 0.5) is 5.88 Å². The number of nitrogens with zero attached hydrogens (tertiary/aromatic N) is 2. The number of piperidine rings is 1. The van der Waals surface area contributed by atoms with Crippen molar-refractivity contribution in [3.05, 3.63) is 11.8 Å². The van der Waals surface area contributed by atoms with Gasteiger partial charge in [0.2, 0.25) is 11.8 Å². The third kappa shape index (κ3) is 4.56. The summed E-state index contributed by atoms with van der Waals surface area (Å²) >= 11 is 0. The van der Waals surface area contributed by atoms with Crippen LogP contribution in [-0.2, 0) is 14.3 Å². The zero-order valence-corrected chi connectivity index (χ0v) is 12.4. The van der Waals surface area contributed by atoms with Crippen LogP contribution in [0.15, 0.2) is 10.6 Å². The van der Waals surface area contributed by atoms with Gasteiger partial charge in [0.1, 0.15) is 0 Å². The van der Waals surface area contributed by atoms with Crippen LogP contribution in [0, 0.1) is 12.8 Å². The zero-order chi connectivity index (χ0) is 15.2. The van der Waals surface area contributed by atoms with Crippen LogP contribution in [0.3, 0.4) is 0 Å². The maximum Gasteiger partial charge on any atom is 0.309 e. The smallest absolute Gasteiger partial charge is 0.309 e. The van der Waals surface area contributed by atoms with Crippen LogP contribution < -0.4 is 5.32 Å². The summed E-state index contributed by atoms with van der Waals surface area (Å²) in [6.07, 6.45) is 1.46. The number of carbonyl (C=O) groups excluding carboxylic acids is 2. The van der Waals surface area contributed by atoms with Crippen molar-refractivity contribution in [1.29, 1.82) is 0 Å². The molecule has 0 aliphatic carbocycles. The first-order chi connectivity index (χ1) is 10.1. The lowest BCUT2D eigenvalue weighted by molar-refractivity contribution is -0.149. The fraction of sp³-hybridized carbons (Fsp3) is 0.643. The summed E-state index contributed by atoms with van der Waals surface area (Å²) in [5.41, 5.74) is 0.723. The molecule has 0 saturated carbocycles. The SMILES string of the molecule is CCOC(=O)C1CCN(CC(=O)Nc2cc(C)no2)CC1. The average molecular weight is 295 g/mol.